The fraction of sp³-hybridized carbons (Fsp3) is 0.600. The lowest BCUT2D eigenvalue weighted by Crippen LogP contribution is -2.41. The van der Waals surface area contributed by atoms with Gasteiger partial charge in [-0.25, -0.2) is 19.0 Å². The van der Waals surface area contributed by atoms with Crippen molar-refractivity contribution in [1.82, 2.24) is 14.5 Å². The quantitative estimate of drug-likeness (QED) is 0.438. The molecule has 1 aliphatic carbocycles. The van der Waals surface area contributed by atoms with Crippen LogP contribution in [0.4, 0.5) is 9.59 Å². The molecule has 0 aliphatic heterocycles. The molecule has 1 fully saturated rings. The van der Waals surface area contributed by atoms with Gasteiger partial charge < -0.3 is 19.1 Å². The number of pyridine rings is 1. The molecule has 1 amide bonds. The molecule has 0 N–H and O–H groups in total. The van der Waals surface area contributed by atoms with Crippen LogP contribution in [0, 0.1) is 5.92 Å². The molecule has 1 saturated carbocycles. The van der Waals surface area contributed by atoms with E-state index >= 15 is 0 Å². The average Bonchev–Trinajstić information content (AvgIpc) is 3.03. The van der Waals surface area contributed by atoms with Crippen LogP contribution in [-0.4, -0.2) is 57.5 Å². The lowest BCUT2D eigenvalue weighted by atomic mass is 9.85. The van der Waals surface area contributed by atoms with Crippen LogP contribution >= 0.6 is 0 Å². The molecule has 0 bridgehead atoms. The van der Waals surface area contributed by atoms with E-state index in [9.17, 15) is 14.4 Å². The molecule has 0 radical (unpaired) electrons. The minimum absolute atomic E-state index is 0.134. The number of rotatable bonds is 5. The van der Waals surface area contributed by atoms with Gasteiger partial charge in [-0.2, -0.15) is 0 Å². The van der Waals surface area contributed by atoms with Crippen molar-refractivity contribution in [2.24, 2.45) is 5.92 Å². The van der Waals surface area contributed by atoms with Crippen LogP contribution in [0.1, 0.15) is 76.9 Å². The number of aromatic nitrogens is 2. The molecule has 9 nitrogen and oxygen atoms in total. The second kappa shape index (κ2) is 9.64. The summed E-state index contributed by atoms with van der Waals surface area (Å²) in [6, 6.07) is 3.28. The molecular weight excluding hydrogens is 438 g/mol. The Bertz CT molecular complexity index is 1070. The third-order valence-corrected chi connectivity index (χ3v) is 5.43. The van der Waals surface area contributed by atoms with E-state index < -0.39 is 29.4 Å². The number of carbonyl (C=O) groups excluding carboxylic acids is 3. The summed E-state index contributed by atoms with van der Waals surface area (Å²) in [5.74, 6) is -0.163. The lowest BCUT2D eigenvalue weighted by Gasteiger charge is -2.33. The summed E-state index contributed by atoms with van der Waals surface area (Å²) in [5, 5.41) is 0. The van der Waals surface area contributed by atoms with Crippen LogP contribution in [0.25, 0.3) is 11.0 Å². The van der Waals surface area contributed by atoms with Crippen LogP contribution in [0.3, 0.4) is 0 Å². The first-order valence-electron chi connectivity index (χ1n) is 11.6. The predicted octanol–water partition coefficient (Wildman–Crippen LogP) is 5.14. The van der Waals surface area contributed by atoms with Crippen LogP contribution in [-0.2, 0) is 20.8 Å². The van der Waals surface area contributed by atoms with Gasteiger partial charge in [0.25, 0.3) is 0 Å². The maximum Gasteiger partial charge on any atom is 0.419 e. The van der Waals surface area contributed by atoms with Crippen molar-refractivity contribution >= 4 is 29.2 Å². The molecule has 0 aromatic carbocycles. The van der Waals surface area contributed by atoms with Crippen molar-refractivity contribution in [3.05, 3.63) is 29.6 Å². The Labute approximate surface area is 200 Å². The third kappa shape index (κ3) is 6.27. The summed E-state index contributed by atoms with van der Waals surface area (Å²) in [6.45, 7) is 11.5. The second-order valence-corrected chi connectivity index (χ2v) is 10.7. The molecule has 0 saturated heterocycles. The average molecular weight is 474 g/mol. The van der Waals surface area contributed by atoms with Gasteiger partial charge in [-0.05, 0) is 72.4 Å². The van der Waals surface area contributed by atoms with Gasteiger partial charge in [0, 0.05) is 12.7 Å². The number of methoxy groups -OCH3 is 1. The van der Waals surface area contributed by atoms with Crippen LogP contribution in [0.15, 0.2) is 18.3 Å². The Morgan fingerprint density at radius 2 is 1.71 bits per heavy atom. The highest BCUT2D eigenvalue weighted by Gasteiger charge is 2.30. The Balaban J connectivity index is 2.05. The van der Waals surface area contributed by atoms with Crippen LogP contribution in [0.5, 0.6) is 0 Å². The standard InChI is InChI=1S/C25H35N3O6/c1-24(2,3)33-22(30)27(14-16-9-8-10-16)15-18-12-19-20(11-17(13-26-19)21(29)32-7)28(18)23(31)34-25(4,5)6/h11-13,16H,8-10,14-15H2,1-7H3. The van der Waals surface area contributed by atoms with E-state index in [0.717, 1.165) is 19.3 Å². The van der Waals surface area contributed by atoms with E-state index in [4.69, 9.17) is 14.2 Å². The van der Waals surface area contributed by atoms with Crippen LogP contribution < -0.4 is 0 Å². The highest BCUT2D eigenvalue weighted by Crippen LogP contribution is 2.29. The van der Waals surface area contributed by atoms with E-state index in [0.29, 0.717) is 29.2 Å². The zero-order valence-electron chi connectivity index (χ0n) is 21.1. The van der Waals surface area contributed by atoms with Gasteiger partial charge in [0.15, 0.2) is 0 Å². The SMILES string of the molecule is COC(=O)c1cnc2cc(CN(CC3CCC3)C(=O)OC(C)(C)C)n(C(=O)OC(C)(C)C)c2c1. The predicted molar refractivity (Wildman–Crippen MR) is 127 cm³/mol. The Morgan fingerprint density at radius 3 is 2.24 bits per heavy atom. The topological polar surface area (TPSA) is 100.0 Å². The smallest absolute Gasteiger partial charge is 0.419 e. The maximum absolute atomic E-state index is 13.2. The van der Waals surface area contributed by atoms with Gasteiger partial charge in [0.2, 0.25) is 0 Å². The van der Waals surface area contributed by atoms with E-state index in [-0.39, 0.29) is 12.1 Å². The van der Waals surface area contributed by atoms with Crippen LogP contribution in [0.2, 0.25) is 0 Å². The van der Waals surface area contributed by atoms with Gasteiger partial charge >= 0.3 is 18.2 Å². The molecule has 3 rings (SSSR count). The maximum atomic E-state index is 13.2. The first kappa shape index (κ1) is 25.5. The molecule has 2 heterocycles. The summed E-state index contributed by atoms with van der Waals surface area (Å²) in [6.07, 6.45) is 3.59. The van der Waals surface area contributed by atoms with Crippen molar-refractivity contribution in [2.45, 2.75) is 78.6 Å². The molecule has 1 aliphatic rings. The summed E-state index contributed by atoms with van der Waals surface area (Å²) in [5.41, 5.74) is 0.243. The molecule has 2 aromatic heterocycles. The Kier molecular flexibility index (Phi) is 7.24. The first-order chi connectivity index (χ1) is 15.8. The largest absolute Gasteiger partial charge is 0.465 e. The lowest BCUT2D eigenvalue weighted by molar-refractivity contribution is 0.0163. The zero-order chi connectivity index (χ0) is 25.3. The number of hydrogen-bond donors (Lipinski definition) is 0. The van der Waals surface area contributed by atoms with E-state index in [1.54, 1.807) is 37.8 Å². The molecule has 0 atom stereocenters. The van der Waals surface area contributed by atoms with E-state index in [2.05, 4.69) is 4.98 Å². The molecule has 0 unspecified atom stereocenters. The minimum atomic E-state index is -0.741. The second-order valence-electron chi connectivity index (χ2n) is 10.7. The molecule has 9 heteroatoms. The fourth-order valence-electron chi connectivity index (χ4n) is 3.71. The fourth-order valence-corrected chi connectivity index (χ4v) is 3.71. The highest BCUT2D eigenvalue weighted by atomic mass is 16.6. The number of hydrogen-bond acceptors (Lipinski definition) is 7. The van der Waals surface area contributed by atoms with Gasteiger partial charge in [0.05, 0.1) is 35.9 Å². The number of nitrogens with zero attached hydrogens (tertiary/aromatic N) is 3. The number of fused-ring (bicyclic) bond motifs is 1. The summed E-state index contributed by atoms with van der Waals surface area (Å²) in [4.78, 5) is 44.3. The Morgan fingerprint density at radius 1 is 1.06 bits per heavy atom. The third-order valence-electron chi connectivity index (χ3n) is 5.43. The molecule has 34 heavy (non-hydrogen) atoms. The summed E-state index contributed by atoms with van der Waals surface area (Å²) >= 11 is 0. The number of carbonyl (C=O) groups is 3. The first-order valence-corrected chi connectivity index (χ1v) is 11.6. The molecule has 186 valence electrons. The van der Waals surface area contributed by atoms with Crippen molar-refractivity contribution in [3.63, 3.8) is 0 Å². The minimum Gasteiger partial charge on any atom is -0.465 e. The van der Waals surface area contributed by atoms with Crippen molar-refractivity contribution in [3.8, 4) is 0 Å². The zero-order valence-corrected chi connectivity index (χ0v) is 21.1. The molecule has 0 spiro atoms. The number of esters is 1. The number of amides is 1. The van der Waals surface area contributed by atoms with Gasteiger partial charge in [0.1, 0.15) is 11.2 Å². The van der Waals surface area contributed by atoms with E-state index in [1.165, 1.54) is 17.9 Å². The monoisotopic (exact) mass is 473 g/mol. The molecule has 2 aromatic rings. The number of ether oxygens (including phenoxy) is 3. The van der Waals surface area contributed by atoms with Gasteiger partial charge in [-0.3, -0.25) is 4.98 Å². The van der Waals surface area contributed by atoms with Crippen molar-refractivity contribution in [1.29, 1.82) is 0 Å². The summed E-state index contributed by atoms with van der Waals surface area (Å²) < 4.78 is 17.5. The van der Waals surface area contributed by atoms with Gasteiger partial charge in [-0.1, -0.05) is 6.42 Å². The highest BCUT2D eigenvalue weighted by molar-refractivity contribution is 5.96. The van der Waals surface area contributed by atoms with E-state index in [1.807, 2.05) is 20.8 Å². The Hall–Kier alpha value is -3.10. The van der Waals surface area contributed by atoms with Crippen molar-refractivity contribution < 1.29 is 28.6 Å². The van der Waals surface area contributed by atoms with Gasteiger partial charge in [-0.15, -0.1) is 0 Å². The van der Waals surface area contributed by atoms with Crippen molar-refractivity contribution in [2.75, 3.05) is 13.7 Å². The normalized spacial score (nSPS) is 14.4. The summed E-state index contributed by atoms with van der Waals surface area (Å²) in [7, 11) is 1.28. The molecular formula is C25H35N3O6.